The number of carboxylic acids is 1. The number of carbonyl (C=O) groups excluding carboxylic acids is 1. The van der Waals surface area contributed by atoms with Crippen molar-refractivity contribution in [2.45, 2.75) is 13.5 Å². The van der Waals surface area contributed by atoms with E-state index >= 15 is 0 Å². The molecular formula is C13H11NO5S2. The van der Waals surface area contributed by atoms with Gasteiger partial charge in [0.05, 0.1) is 5.38 Å². The van der Waals surface area contributed by atoms with E-state index in [2.05, 4.69) is 0 Å². The number of carboxylic acid groups (broad SMARTS) is 1. The SMILES string of the molecule is Cc1ccc(OC(=O)Cn2c(O)csc2=S)c(C(=O)O)c1. The number of thiazole rings is 1. The zero-order chi connectivity index (χ0) is 15.6. The minimum atomic E-state index is -1.18. The van der Waals surface area contributed by atoms with E-state index < -0.39 is 11.9 Å². The maximum atomic E-state index is 11.9. The van der Waals surface area contributed by atoms with E-state index in [1.165, 1.54) is 22.1 Å². The highest BCUT2D eigenvalue weighted by atomic mass is 32.1. The minimum absolute atomic E-state index is 0.0423. The number of aromatic carboxylic acids is 1. The van der Waals surface area contributed by atoms with Gasteiger partial charge < -0.3 is 14.9 Å². The van der Waals surface area contributed by atoms with Gasteiger partial charge in [-0.2, -0.15) is 0 Å². The fraction of sp³-hybridized carbons (Fsp3) is 0.154. The molecule has 0 bridgehead atoms. The summed E-state index contributed by atoms with van der Waals surface area (Å²) in [6.45, 7) is 1.45. The van der Waals surface area contributed by atoms with Gasteiger partial charge in [0, 0.05) is 0 Å². The van der Waals surface area contributed by atoms with Crippen LogP contribution < -0.4 is 4.74 Å². The van der Waals surface area contributed by atoms with Crippen LogP contribution in [0.4, 0.5) is 0 Å². The maximum absolute atomic E-state index is 11.9. The summed E-state index contributed by atoms with van der Waals surface area (Å²) in [5, 5.41) is 20.0. The maximum Gasteiger partial charge on any atom is 0.339 e. The predicted molar refractivity (Wildman–Crippen MR) is 78.6 cm³/mol. The number of benzene rings is 1. The van der Waals surface area contributed by atoms with Gasteiger partial charge in [-0.25, -0.2) is 9.59 Å². The zero-order valence-corrected chi connectivity index (χ0v) is 12.5. The summed E-state index contributed by atoms with van der Waals surface area (Å²) in [6, 6.07) is 4.48. The first-order valence-corrected chi connectivity index (χ1v) is 7.09. The largest absolute Gasteiger partial charge is 0.494 e. The molecule has 21 heavy (non-hydrogen) atoms. The fourth-order valence-corrected chi connectivity index (χ4v) is 2.57. The van der Waals surface area contributed by atoms with Gasteiger partial charge in [0.15, 0.2) is 3.95 Å². The third-order valence-corrected chi connectivity index (χ3v) is 3.90. The molecule has 1 heterocycles. The van der Waals surface area contributed by atoms with Crippen molar-refractivity contribution in [3.63, 3.8) is 0 Å². The van der Waals surface area contributed by atoms with Gasteiger partial charge in [-0.3, -0.25) is 4.57 Å². The number of carbonyl (C=O) groups is 2. The van der Waals surface area contributed by atoms with Crippen molar-refractivity contribution in [3.05, 3.63) is 38.7 Å². The molecule has 0 fully saturated rings. The van der Waals surface area contributed by atoms with E-state index in [1.807, 2.05) is 0 Å². The molecular weight excluding hydrogens is 314 g/mol. The second kappa shape index (κ2) is 6.06. The smallest absolute Gasteiger partial charge is 0.339 e. The molecule has 2 N–H and O–H groups in total. The van der Waals surface area contributed by atoms with Gasteiger partial charge in [0.1, 0.15) is 17.9 Å². The van der Waals surface area contributed by atoms with Crippen LogP contribution in [-0.2, 0) is 11.3 Å². The average molecular weight is 325 g/mol. The summed E-state index contributed by atoms with van der Waals surface area (Å²) in [5.41, 5.74) is 0.645. The molecule has 0 saturated heterocycles. The highest BCUT2D eigenvalue weighted by molar-refractivity contribution is 7.73. The van der Waals surface area contributed by atoms with Crippen molar-refractivity contribution in [3.8, 4) is 11.6 Å². The highest BCUT2D eigenvalue weighted by Gasteiger charge is 2.16. The molecule has 1 aromatic carbocycles. The van der Waals surface area contributed by atoms with Crippen LogP contribution in [0.2, 0.25) is 0 Å². The Morgan fingerprint density at radius 3 is 2.71 bits per heavy atom. The Morgan fingerprint density at radius 1 is 1.43 bits per heavy atom. The molecule has 0 spiro atoms. The Hall–Kier alpha value is -2.19. The Balaban J connectivity index is 2.21. The van der Waals surface area contributed by atoms with Crippen LogP contribution in [0.5, 0.6) is 11.6 Å². The number of hydrogen-bond donors (Lipinski definition) is 2. The van der Waals surface area contributed by atoms with Crippen LogP contribution in [0.15, 0.2) is 23.6 Å². The molecule has 2 aromatic rings. The quantitative estimate of drug-likeness (QED) is 0.510. The van der Waals surface area contributed by atoms with Crippen molar-refractivity contribution >= 4 is 35.5 Å². The van der Waals surface area contributed by atoms with Gasteiger partial charge in [0.25, 0.3) is 0 Å². The predicted octanol–water partition coefficient (Wildman–Crippen LogP) is 2.60. The summed E-state index contributed by atoms with van der Waals surface area (Å²) in [5.74, 6) is -2.08. The van der Waals surface area contributed by atoms with Crippen molar-refractivity contribution in [2.24, 2.45) is 0 Å². The summed E-state index contributed by atoms with van der Waals surface area (Å²) in [7, 11) is 0. The molecule has 0 amide bonds. The minimum Gasteiger partial charge on any atom is -0.494 e. The van der Waals surface area contributed by atoms with Crippen molar-refractivity contribution in [1.29, 1.82) is 0 Å². The van der Waals surface area contributed by atoms with Crippen molar-refractivity contribution in [2.75, 3.05) is 0 Å². The van der Waals surface area contributed by atoms with E-state index in [1.54, 1.807) is 13.0 Å². The van der Waals surface area contributed by atoms with Crippen LogP contribution in [-0.4, -0.2) is 26.7 Å². The van der Waals surface area contributed by atoms with Gasteiger partial charge >= 0.3 is 11.9 Å². The highest BCUT2D eigenvalue weighted by Crippen LogP contribution is 2.21. The summed E-state index contributed by atoms with van der Waals surface area (Å²) < 4.78 is 6.58. The molecule has 0 saturated carbocycles. The van der Waals surface area contributed by atoms with Crippen LogP contribution in [0.3, 0.4) is 0 Å². The number of aromatic hydroxyl groups is 1. The molecule has 8 heteroatoms. The summed E-state index contributed by atoms with van der Waals surface area (Å²) in [4.78, 5) is 23.0. The van der Waals surface area contributed by atoms with Gasteiger partial charge in [0.2, 0.25) is 5.88 Å². The topological polar surface area (TPSA) is 88.8 Å². The number of aromatic nitrogens is 1. The molecule has 0 aliphatic carbocycles. The number of ether oxygens (including phenoxy) is 1. The number of aryl methyl sites for hydroxylation is 1. The lowest BCUT2D eigenvalue weighted by atomic mass is 10.1. The number of esters is 1. The first-order valence-electron chi connectivity index (χ1n) is 5.80. The normalized spacial score (nSPS) is 10.3. The summed E-state index contributed by atoms with van der Waals surface area (Å²) in [6.07, 6.45) is 0. The van der Waals surface area contributed by atoms with Crippen LogP contribution in [0, 0.1) is 10.9 Å². The summed E-state index contributed by atoms with van der Waals surface area (Å²) >= 11 is 6.08. The number of hydrogen-bond acceptors (Lipinski definition) is 6. The Bertz CT molecular complexity index is 762. The molecule has 2 rings (SSSR count). The molecule has 1 aromatic heterocycles. The lowest BCUT2D eigenvalue weighted by molar-refractivity contribution is -0.135. The van der Waals surface area contributed by atoms with E-state index in [-0.39, 0.29) is 23.7 Å². The average Bonchev–Trinajstić information content (AvgIpc) is 2.72. The van der Waals surface area contributed by atoms with Crippen molar-refractivity contribution in [1.82, 2.24) is 4.57 Å². The third-order valence-electron chi connectivity index (χ3n) is 2.64. The van der Waals surface area contributed by atoms with Gasteiger partial charge in [-0.1, -0.05) is 11.6 Å². The van der Waals surface area contributed by atoms with E-state index in [4.69, 9.17) is 22.1 Å². The molecule has 110 valence electrons. The molecule has 6 nitrogen and oxygen atoms in total. The standard InChI is InChI=1S/C13H11NO5S2/c1-7-2-3-9(8(4-7)12(17)18)19-11(16)5-14-10(15)6-21-13(14)20/h2-4,6,15H,5H2,1H3,(H,17,18). The Labute approximate surface area is 128 Å². The van der Waals surface area contributed by atoms with Crippen molar-refractivity contribution < 1.29 is 24.5 Å². The lowest BCUT2D eigenvalue weighted by Crippen LogP contribution is -2.17. The second-order valence-corrected chi connectivity index (χ2v) is 5.73. The van der Waals surface area contributed by atoms with Gasteiger partial charge in [-0.15, -0.1) is 11.3 Å². The monoisotopic (exact) mass is 325 g/mol. The molecule has 0 aliphatic rings. The molecule has 0 aliphatic heterocycles. The fourth-order valence-electron chi connectivity index (χ4n) is 1.65. The first-order chi connectivity index (χ1) is 9.88. The van der Waals surface area contributed by atoms with E-state index in [0.717, 1.165) is 16.9 Å². The molecule has 0 unspecified atom stereocenters. The molecule has 0 radical (unpaired) electrons. The zero-order valence-electron chi connectivity index (χ0n) is 10.9. The van der Waals surface area contributed by atoms with E-state index in [9.17, 15) is 14.7 Å². The first kappa shape index (κ1) is 15.2. The lowest BCUT2D eigenvalue weighted by Gasteiger charge is -2.09. The van der Waals surface area contributed by atoms with Crippen LogP contribution in [0.25, 0.3) is 0 Å². The van der Waals surface area contributed by atoms with Gasteiger partial charge in [-0.05, 0) is 31.3 Å². The third kappa shape index (κ3) is 3.47. The number of nitrogens with zero attached hydrogens (tertiary/aromatic N) is 1. The van der Waals surface area contributed by atoms with E-state index in [0.29, 0.717) is 3.95 Å². The Kier molecular flexibility index (Phi) is 4.39. The number of rotatable bonds is 4. The second-order valence-electron chi connectivity index (χ2n) is 4.22. The Morgan fingerprint density at radius 2 is 2.14 bits per heavy atom. The molecule has 0 atom stereocenters. The van der Waals surface area contributed by atoms with Crippen LogP contribution >= 0.6 is 23.6 Å². The van der Waals surface area contributed by atoms with Crippen LogP contribution in [0.1, 0.15) is 15.9 Å².